The molecule has 2 N–H and O–H groups in total. The average molecular weight is 256 g/mol. The fourth-order valence-corrected chi connectivity index (χ4v) is 2.41. The number of nitrogens with zero attached hydrogens (tertiary/aromatic N) is 2. The van der Waals surface area contributed by atoms with E-state index in [0.29, 0.717) is 12.6 Å². The molecule has 5 heteroatoms. The summed E-state index contributed by atoms with van der Waals surface area (Å²) in [6.45, 7) is 7.08. The molecule has 1 aliphatic heterocycles. The van der Waals surface area contributed by atoms with Crippen LogP contribution in [0.5, 0.6) is 0 Å². The number of ether oxygens (including phenoxy) is 1. The summed E-state index contributed by atoms with van der Waals surface area (Å²) in [7, 11) is 3.51. The number of likely N-dealkylation sites (N-methyl/N-ethyl adjacent to an activating group) is 1. The van der Waals surface area contributed by atoms with E-state index >= 15 is 0 Å². The molecule has 0 amide bonds. The third-order valence-corrected chi connectivity index (χ3v) is 3.48. The van der Waals surface area contributed by atoms with Crippen LogP contribution >= 0.6 is 0 Å². The van der Waals surface area contributed by atoms with Gasteiger partial charge in [-0.1, -0.05) is 13.3 Å². The van der Waals surface area contributed by atoms with Crippen molar-refractivity contribution in [2.45, 2.75) is 32.2 Å². The number of hydrogen-bond acceptors (Lipinski definition) is 3. The molecule has 1 heterocycles. The second-order valence-corrected chi connectivity index (χ2v) is 4.65. The molecule has 1 aliphatic rings. The van der Waals surface area contributed by atoms with Gasteiger partial charge >= 0.3 is 0 Å². The van der Waals surface area contributed by atoms with E-state index in [0.717, 1.165) is 25.6 Å². The Kier molecular flexibility index (Phi) is 7.76. The molecule has 1 saturated heterocycles. The highest BCUT2D eigenvalue weighted by molar-refractivity contribution is 5.79. The molecular formula is C13H28N4O. The molecule has 1 unspecified atom stereocenters. The zero-order chi connectivity index (χ0) is 13.2. The first kappa shape index (κ1) is 15.2. The van der Waals surface area contributed by atoms with Crippen molar-refractivity contribution in [2.24, 2.45) is 4.99 Å². The third-order valence-electron chi connectivity index (χ3n) is 3.48. The smallest absolute Gasteiger partial charge is 0.191 e. The first-order chi connectivity index (χ1) is 8.81. The predicted molar refractivity (Wildman–Crippen MR) is 76.1 cm³/mol. The van der Waals surface area contributed by atoms with Crippen LogP contribution in [0.1, 0.15) is 26.2 Å². The van der Waals surface area contributed by atoms with Crippen molar-refractivity contribution in [3.05, 3.63) is 0 Å². The number of nitrogens with one attached hydrogen (secondary N) is 2. The molecule has 0 radical (unpaired) electrons. The lowest BCUT2D eigenvalue weighted by molar-refractivity contribution is 0.157. The number of methoxy groups -OCH3 is 1. The summed E-state index contributed by atoms with van der Waals surface area (Å²) in [6.07, 6.45) is 3.97. The van der Waals surface area contributed by atoms with E-state index < -0.39 is 0 Å². The fourth-order valence-electron chi connectivity index (χ4n) is 2.41. The van der Waals surface area contributed by atoms with E-state index in [2.05, 4.69) is 27.4 Å². The molecule has 1 rings (SSSR count). The lowest BCUT2D eigenvalue weighted by atomic mass is 10.0. The summed E-state index contributed by atoms with van der Waals surface area (Å²) in [5, 5.41) is 6.64. The highest BCUT2D eigenvalue weighted by Gasteiger charge is 2.20. The number of aliphatic imine (C=N–C) groups is 1. The van der Waals surface area contributed by atoms with Crippen molar-refractivity contribution in [3.8, 4) is 0 Å². The maximum atomic E-state index is 5.01. The molecule has 0 aromatic carbocycles. The van der Waals surface area contributed by atoms with Crippen LogP contribution in [0.2, 0.25) is 0 Å². The van der Waals surface area contributed by atoms with Crippen LogP contribution in [-0.4, -0.2) is 63.8 Å². The monoisotopic (exact) mass is 256 g/mol. The van der Waals surface area contributed by atoms with Crippen LogP contribution in [-0.2, 0) is 4.74 Å². The van der Waals surface area contributed by atoms with E-state index in [4.69, 9.17) is 4.74 Å². The second-order valence-electron chi connectivity index (χ2n) is 4.65. The third kappa shape index (κ3) is 5.23. The number of guanidine groups is 1. The topological polar surface area (TPSA) is 48.9 Å². The van der Waals surface area contributed by atoms with Gasteiger partial charge in [0.05, 0.1) is 6.61 Å². The van der Waals surface area contributed by atoms with Gasteiger partial charge in [0.1, 0.15) is 0 Å². The van der Waals surface area contributed by atoms with E-state index in [9.17, 15) is 0 Å². The largest absolute Gasteiger partial charge is 0.383 e. The molecule has 106 valence electrons. The lowest BCUT2D eigenvalue weighted by Gasteiger charge is -2.35. The summed E-state index contributed by atoms with van der Waals surface area (Å²) >= 11 is 0. The van der Waals surface area contributed by atoms with E-state index in [1.807, 2.05) is 0 Å². The summed E-state index contributed by atoms with van der Waals surface area (Å²) < 4.78 is 5.01. The SMILES string of the molecule is CCN1CCCCC1CNC(=NC)NCCOC. The van der Waals surface area contributed by atoms with E-state index in [1.165, 1.54) is 25.8 Å². The second kappa shape index (κ2) is 9.16. The molecule has 0 aliphatic carbocycles. The zero-order valence-electron chi connectivity index (χ0n) is 12.0. The predicted octanol–water partition coefficient (Wildman–Crippen LogP) is 0.672. The van der Waals surface area contributed by atoms with Gasteiger partial charge in [0.15, 0.2) is 5.96 Å². The Morgan fingerprint density at radius 2 is 2.22 bits per heavy atom. The maximum absolute atomic E-state index is 5.01. The van der Waals surface area contributed by atoms with Crippen LogP contribution in [0.4, 0.5) is 0 Å². The van der Waals surface area contributed by atoms with Crippen molar-refractivity contribution >= 4 is 5.96 Å². The minimum atomic E-state index is 0.643. The van der Waals surface area contributed by atoms with Gasteiger partial charge in [0.25, 0.3) is 0 Å². The molecule has 0 bridgehead atoms. The number of hydrogen-bond donors (Lipinski definition) is 2. The van der Waals surface area contributed by atoms with Gasteiger partial charge in [0.2, 0.25) is 0 Å². The van der Waals surface area contributed by atoms with Gasteiger partial charge in [-0.25, -0.2) is 0 Å². The normalized spacial score (nSPS) is 21.9. The van der Waals surface area contributed by atoms with Crippen molar-refractivity contribution in [1.29, 1.82) is 0 Å². The summed E-state index contributed by atoms with van der Waals surface area (Å²) in [4.78, 5) is 6.77. The standard InChI is InChI=1S/C13H28N4O/c1-4-17-9-6-5-7-12(17)11-16-13(14-2)15-8-10-18-3/h12H,4-11H2,1-3H3,(H2,14,15,16). The number of likely N-dealkylation sites (tertiary alicyclic amines) is 1. The van der Waals surface area contributed by atoms with Gasteiger partial charge in [-0.15, -0.1) is 0 Å². The van der Waals surface area contributed by atoms with Gasteiger partial charge in [-0.3, -0.25) is 9.89 Å². The lowest BCUT2D eigenvalue weighted by Crippen LogP contribution is -2.49. The minimum Gasteiger partial charge on any atom is -0.383 e. The van der Waals surface area contributed by atoms with Gasteiger partial charge < -0.3 is 15.4 Å². The number of rotatable bonds is 6. The minimum absolute atomic E-state index is 0.643. The van der Waals surface area contributed by atoms with Gasteiger partial charge in [-0.2, -0.15) is 0 Å². The highest BCUT2D eigenvalue weighted by Crippen LogP contribution is 2.15. The zero-order valence-corrected chi connectivity index (χ0v) is 12.0. The van der Waals surface area contributed by atoms with Gasteiger partial charge in [0, 0.05) is 33.3 Å². The van der Waals surface area contributed by atoms with Crippen LogP contribution < -0.4 is 10.6 Å². The molecule has 0 spiro atoms. The van der Waals surface area contributed by atoms with Crippen molar-refractivity contribution in [1.82, 2.24) is 15.5 Å². The van der Waals surface area contributed by atoms with Crippen molar-refractivity contribution < 1.29 is 4.74 Å². The summed E-state index contributed by atoms with van der Waals surface area (Å²) in [6, 6.07) is 0.643. The molecule has 1 fully saturated rings. The first-order valence-corrected chi connectivity index (χ1v) is 6.99. The van der Waals surface area contributed by atoms with Crippen LogP contribution in [0, 0.1) is 0 Å². The molecular weight excluding hydrogens is 228 g/mol. The first-order valence-electron chi connectivity index (χ1n) is 6.99. The molecule has 5 nitrogen and oxygen atoms in total. The fraction of sp³-hybridized carbons (Fsp3) is 0.923. The van der Waals surface area contributed by atoms with E-state index in [-0.39, 0.29) is 0 Å². The number of piperidine rings is 1. The quantitative estimate of drug-likeness (QED) is 0.417. The molecule has 1 atom stereocenters. The summed E-state index contributed by atoms with van der Waals surface area (Å²) in [5.74, 6) is 0.869. The van der Waals surface area contributed by atoms with E-state index in [1.54, 1.807) is 14.2 Å². The average Bonchev–Trinajstić information content (AvgIpc) is 2.43. The maximum Gasteiger partial charge on any atom is 0.191 e. The summed E-state index contributed by atoms with van der Waals surface area (Å²) in [5.41, 5.74) is 0. The Hall–Kier alpha value is -0.810. The Labute approximate surface area is 111 Å². The Balaban J connectivity index is 2.28. The molecule has 0 aromatic heterocycles. The van der Waals surface area contributed by atoms with Crippen LogP contribution in [0.3, 0.4) is 0 Å². The van der Waals surface area contributed by atoms with Crippen LogP contribution in [0.15, 0.2) is 4.99 Å². The van der Waals surface area contributed by atoms with Crippen LogP contribution in [0.25, 0.3) is 0 Å². The highest BCUT2D eigenvalue weighted by atomic mass is 16.5. The Bertz CT molecular complexity index is 245. The van der Waals surface area contributed by atoms with Gasteiger partial charge in [-0.05, 0) is 25.9 Å². The Morgan fingerprint density at radius 1 is 1.39 bits per heavy atom. The molecule has 18 heavy (non-hydrogen) atoms. The molecule has 0 saturated carbocycles. The molecule has 0 aromatic rings. The Morgan fingerprint density at radius 3 is 2.89 bits per heavy atom. The van der Waals surface area contributed by atoms with Crippen molar-refractivity contribution in [2.75, 3.05) is 46.9 Å². The van der Waals surface area contributed by atoms with Crippen molar-refractivity contribution in [3.63, 3.8) is 0 Å².